The zero-order valence-corrected chi connectivity index (χ0v) is 15.2. The first-order valence-electron chi connectivity index (χ1n) is 6.90. The van der Waals surface area contributed by atoms with Gasteiger partial charge in [0.15, 0.2) is 0 Å². The van der Waals surface area contributed by atoms with E-state index in [0.717, 1.165) is 10.0 Å². The van der Waals surface area contributed by atoms with Crippen LogP contribution in [0, 0.1) is 13.8 Å². The first-order chi connectivity index (χ1) is 10.9. The van der Waals surface area contributed by atoms with E-state index >= 15 is 0 Å². The average molecular weight is 392 g/mol. The summed E-state index contributed by atoms with van der Waals surface area (Å²) in [7, 11) is 1.65. The van der Waals surface area contributed by atoms with Gasteiger partial charge in [-0.05, 0) is 43.2 Å². The van der Waals surface area contributed by atoms with Crippen molar-refractivity contribution in [2.75, 3.05) is 5.32 Å². The molecule has 0 aliphatic rings. The van der Waals surface area contributed by atoms with Crippen molar-refractivity contribution in [3.05, 3.63) is 55.4 Å². The average Bonchev–Trinajstić information content (AvgIpc) is 2.84. The Kier molecular flexibility index (Phi) is 4.08. The molecule has 3 rings (SSSR count). The van der Waals surface area contributed by atoms with Crippen molar-refractivity contribution in [1.29, 1.82) is 0 Å². The van der Waals surface area contributed by atoms with Crippen molar-refractivity contribution < 1.29 is 4.79 Å². The molecule has 0 aliphatic heterocycles. The predicted molar refractivity (Wildman–Crippen MR) is 96.4 cm³/mol. The van der Waals surface area contributed by atoms with E-state index in [0.29, 0.717) is 26.3 Å². The fourth-order valence-corrected chi connectivity index (χ4v) is 3.62. The number of nitrogens with one attached hydrogen (secondary N) is 1. The van der Waals surface area contributed by atoms with Gasteiger partial charge in [-0.15, -0.1) is 11.3 Å². The lowest BCUT2D eigenvalue weighted by Crippen LogP contribution is -2.17. The van der Waals surface area contributed by atoms with Crippen LogP contribution < -0.4 is 10.9 Å². The zero-order valence-electron chi connectivity index (χ0n) is 12.8. The Morgan fingerprint density at radius 3 is 2.78 bits per heavy atom. The van der Waals surface area contributed by atoms with Crippen molar-refractivity contribution in [2.24, 2.45) is 7.05 Å². The first kappa shape index (κ1) is 15.9. The fraction of sp³-hybridized carbons (Fsp3) is 0.188. The second-order valence-electron chi connectivity index (χ2n) is 5.32. The largest absolute Gasteiger partial charge is 0.321 e. The minimum absolute atomic E-state index is 0.137. The van der Waals surface area contributed by atoms with E-state index in [4.69, 9.17) is 0 Å². The van der Waals surface area contributed by atoms with E-state index in [1.165, 1.54) is 22.2 Å². The van der Waals surface area contributed by atoms with Gasteiger partial charge in [0, 0.05) is 17.2 Å². The van der Waals surface area contributed by atoms with E-state index in [-0.39, 0.29) is 11.5 Å². The molecule has 3 aromatic rings. The molecule has 2 aromatic heterocycles. The number of nitrogens with zero attached hydrogens (tertiary/aromatic N) is 2. The second-order valence-corrected chi connectivity index (χ2v) is 7.17. The Hall–Kier alpha value is -1.99. The molecule has 0 saturated heterocycles. The number of amides is 1. The molecule has 0 unspecified atom stereocenters. The fourth-order valence-electron chi connectivity index (χ4n) is 2.34. The summed E-state index contributed by atoms with van der Waals surface area (Å²) in [4.78, 5) is 30.1. The summed E-state index contributed by atoms with van der Waals surface area (Å²) in [5, 5.41) is 3.39. The van der Waals surface area contributed by atoms with E-state index in [2.05, 4.69) is 26.2 Å². The van der Waals surface area contributed by atoms with Crippen LogP contribution in [-0.4, -0.2) is 15.5 Å². The van der Waals surface area contributed by atoms with Crippen molar-refractivity contribution >= 4 is 49.1 Å². The molecule has 5 nitrogen and oxygen atoms in total. The molecule has 2 heterocycles. The topological polar surface area (TPSA) is 64.0 Å². The van der Waals surface area contributed by atoms with Gasteiger partial charge in [-0.25, -0.2) is 4.98 Å². The molecule has 0 atom stereocenters. The van der Waals surface area contributed by atoms with Crippen LogP contribution in [0.15, 0.2) is 33.8 Å². The van der Waals surface area contributed by atoms with E-state index in [9.17, 15) is 9.59 Å². The van der Waals surface area contributed by atoms with Crippen LogP contribution in [-0.2, 0) is 7.05 Å². The van der Waals surface area contributed by atoms with E-state index in [1.54, 1.807) is 14.0 Å². The van der Waals surface area contributed by atoms with Crippen LogP contribution in [0.5, 0.6) is 0 Å². The molecule has 1 amide bonds. The normalized spacial score (nSPS) is 11.0. The first-order valence-corrected chi connectivity index (χ1v) is 8.51. The van der Waals surface area contributed by atoms with Gasteiger partial charge in [-0.1, -0.05) is 15.9 Å². The highest BCUT2D eigenvalue weighted by atomic mass is 79.9. The van der Waals surface area contributed by atoms with Gasteiger partial charge in [0.2, 0.25) is 0 Å². The van der Waals surface area contributed by atoms with Crippen molar-refractivity contribution in [2.45, 2.75) is 13.8 Å². The van der Waals surface area contributed by atoms with Crippen molar-refractivity contribution in [3.63, 3.8) is 0 Å². The monoisotopic (exact) mass is 391 g/mol. The number of aryl methyl sites for hydroxylation is 3. The number of aromatic nitrogens is 2. The van der Waals surface area contributed by atoms with Crippen molar-refractivity contribution in [1.82, 2.24) is 9.55 Å². The molecular weight excluding hydrogens is 378 g/mol. The molecule has 23 heavy (non-hydrogen) atoms. The van der Waals surface area contributed by atoms with Gasteiger partial charge in [-0.2, -0.15) is 0 Å². The number of benzene rings is 1. The lowest BCUT2D eigenvalue weighted by Gasteiger charge is -2.06. The van der Waals surface area contributed by atoms with Gasteiger partial charge in [0.05, 0.1) is 16.6 Å². The summed E-state index contributed by atoms with van der Waals surface area (Å²) in [6, 6.07) is 5.61. The third-order valence-corrected chi connectivity index (χ3v) is 5.72. The summed E-state index contributed by atoms with van der Waals surface area (Å²) < 4.78 is 2.41. The third kappa shape index (κ3) is 2.82. The number of rotatable bonds is 2. The highest BCUT2D eigenvalue weighted by molar-refractivity contribution is 9.10. The molecule has 1 aromatic carbocycles. The molecule has 1 N–H and O–H groups in total. The number of carbonyl (C=O) groups is 1. The maximum absolute atomic E-state index is 12.5. The smallest absolute Gasteiger partial charge is 0.266 e. The van der Waals surface area contributed by atoms with Crippen LogP contribution >= 0.6 is 27.3 Å². The number of anilines is 1. The number of fused-ring (bicyclic) bond motifs is 1. The van der Waals surface area contributed by atoms with Gasteiger partial charge in [0.1, 0.15) is 4.83 Å². The lowest BCUT2D eigenvalue weighted by atomic mass is 10.2. The maximum atomic E-state index is 12.5. The molecule has 0 radical (unpaired) electrons. The number of thiophene rings is 1. The quantitative estimate of drug-likeness (QED) is 0.725. The maximum Gasteiger partial charge on any atom is 0.266 e. The Bertz CT molecular complexity index is 991. The van der Waals surface area contributed by atoms with Gasteiger partial charge < -0.3 is 9.88 Å². The van der Waals surface area contributed by atoms with Crippen molar-refractivity contribution in [3.8, 4) is 0 Å². The van der Waals surface area contributed by atoms with Gasteiger partial charge >= 0.3 is 0 Å². The van der Waals surface area contributed by atoms with Gasteiger partial charge in [-0.3, -0.25) is 9.59 Å². The lowest BCUT2D eigenvalue weighted by molar-refractivity contribution is 0.103. The summed E-state index contributed by atoms with van der Waals surface area (Å²) >= 11 is 4.67. The molecular formula is C16H14BrN3O2S. The Morgan fingerprint density at radius 2 is 2.09 bits per heavy atom. The molecule has 7 heteroatoms. The summed E-state index contributed by atoms with van der Waals surface area (Å²) in [6.07, 6.45) is 1.47. The summed E-state index contributed by atoms with van der Waals surface area (Å²) in [5.74, 6) is -0.228. The van der Waals surface area contributed by atoms with Crippen LogP contribution in [0.4, 0.5) is 5.69 Å². The molecule has 0 fully saturated rings. The van der Waals surface area contributed by atoms with Crippen LogP contribution in [0.25, 0.3) is 10.2 Å². The van der Waals surface area contributed by atoms with E-state index < -0.39 is 0 Å². The third-order valence-electron chi connectivity index (χ3n) is 3.63. The molecule has 0 bridgehead atoms. The predicted octanol–water partition coefficient (Wildman–Crippen LogP) is 3.63. The number of carbonyl (C=O) groups excluding carboxylic acids is 1. The minimum Gasteiger partial charge on any atom is -0.321 e. The number of hydrogen-bond donors (Lipinski definition) is 1. The SMILES string of the molecule is Cc1cc(NC(=O)c2sc3ncn(C)c(=O)c3c2C)ccc1Br. The highest BCUT2D eigenvalue weighted by Crippen LogP contribution is 2.28. The number of hydrogen-bond acceptors (Lipinski definition) is 4. The Morgan fingerprint density at radius 1 is 1.35 bits per heavy atom. The van der Waals surface area contributed by atoms with Crippen LogP contribution in [0.1, 0.15) is 20.8 Å². The van der Waals surface area contributed by atoms with Crippen LogP contribution in [0.2, 0.25) is 0 Å². The number of halogens is 1. The van der Waals surface area contributed by atoms with Gasteiger partial charge in [0.25, 0.3) is 11.5 Å². The molecule has 0 spiro atoms. The summed E-state index contributed by atoms with van der Waals surface area (Å²) in [6.45, 7) is 3.74. The van der Waals surface area contributed by atoms with E-state index in [1.807, 2.05) is 25.1 Å². The Balaban J connectivity index is 2.01. The molecule has 0 aliphatic carbocycles. The highest BCUT2D eigenvalue weighted by Gasteiger charge is 2.19. The minimum atomic E-state index is -0.228. The standard InChI is InChI=1S/C16H14BrN3O2S/c1-8-6-10(4-5-11(8)17)19-14(21)13-9(2)12-15(23-13)18-7-20(3)16(12)22/h4-7H,1-3H3,(H,19,21). The second kappa shape index (κ2) is 5.90. The zero-order chi connectivity index (χ0) is 16.7. The summed E-state index contributed by atoms with van der Waals surface area (Å²) in [5.41, 5.74) is 2.28. The van der Waals surface area contributed by atoms with Crippen LogP contribution in [0.3, 0.4) is 0 Å². The Labute approximate surface area is 145 Å². The molecule has 118 valence electrons. The molecule has 0 saturated carbocycles.